The van der Waals surface area contributed by atoms with Crippen molar-refractivity contribution in [3.8, 4) is 0 Å². The van der Waals surface area contributed by atoms with Crippen molar-refractivity contribution in [2.24, 2.45) is 0 Å². The number of nitrogens with zero attached hydrogens (tertiary/aromatic N) is 1. The number of aliphatic carboxylic acids is 1. The lowest BCUT2D eigenvalue weighted by atomic mass is 9.70. The van der Waals surface area contributed by atoms with E-state index in [1.165, 1.54) is 0 Å². The first-order valence-electron chi connectivity index (χ1n) is 8.82. The second kappa shape index (κ2) is 6.87. The Morgan fingerprint density at radius 1 is 1.07 bits per heavy atom. The highest BCUT2D eigenvalue weighted by Crippen LogP contribution is 2.53. The van der Waals surface area contributed by atoms with Crippen molar-refractivity contribution in [2.45, 2.75) is 17.2 Å². The van der Waals surface area contributed by atoms with Gasteiger partial charge in [0.2, 0.25) is 5.91 Å². The van der Waals surface area contributed by atoms with Gasteiger partial charge in [0.1, 0.15) is 0 Å². The number of hydrogen-bond donors (Lipinski definition) is 3. The molecule has 0 bridgehead atoms. The van der Waals surface area contributed by atoms with E-state index < -0.39 is 22.3 Å². The van der Waals surface area contributed by atoms with Gasteiger partial charge in [-0.05, 0) is 16.9 Å². The number of carbonyl (C=O) groups excluding carboxylic acids is 1. The van der Waals surface area contributed by atoms with Crippen LogP contribution in [-0.2, 0) is 15.0 Å². The highest BCUT2D eigenvalue weighted by molar-refractivity contribution is 8.17. The molecule has 2 unspecified atom stereocenters. The van der Waals surface area contributed by atoms with Crippen LogP contribution in [0.25, 0.3) is 0 Å². The quantitative estimate of drug-likeness (QED) is 0.548. The largest absolute Gasteiger partial charge is 0.480 e. The topological polar surface area (TPSA) is 77.8 Å². The van der Waals surface area contributed by atoms with Gasteiger partial charge in [-0.1, -0.05) is 66.7 Å². The smallest absolute Gasteiger partial charge is 0.324 e. The SMILES string of the molecule is O=C1CC2N1C(C(C(=O)O)(c1ccccc1)c1ccccc1)=CC[SH]2CO. The van der Waals surface area contributed by atoms with E-state index >= 15 is 0 Å². The molecule has 140 valence electrons. The molecule has 0 radical (unpaired) electrons. The van der Waals surface area contributed by atoms with Crippen molar-refractivity contribution < 1.29 is 19.8 Å². The summed E-state index contributed by atoms with van der Waals surface area (Å²) in [5.74, 6) is -0.432. The summed E-state index contributed by atoms with van der Waals surface area (Å²) < 4.78 is 0. The van der Waals surface area contributed by atoms with E-state index in [-0.39, 0.29) is 17.2 Å². The van der Waals surface area contributed by atoms with Crippen molar-refractivity contribution in [2.75, 3.05) is 11.7 Å². The molecule has 2 atom stereocenters. The number of fused-ring (bicyclic) bond motifs is 1. The maximum atomic E-state index is 12.8. The van der Waals surface area contributed by atoms with Gasteiger partial charge in [0.25, 0.3) is 0 Å². The molecule has 1 saturated heterocycles. The Bertz CT molecular complexity index is 857. The molecule has 2 aromatic rings. The van der Waals surface area contributed by atoms with Crippen LogP contribution in [0.3, 0.4) is 0 Å². The molecule has 4 rings (SSSR count). The maximum absolute atomic E-state index is 12.8. The van der Waals surface area contributed by atoms with Crippen molar-refractivity contribution in [3.05, 3.63) is 83.6 Å². The number of hydrogen-bond acceptors (Lipinski definition) is 3. The van der Waals surface area contributed by atoms with Gasteiger partial charge >= 0.3 is 5.97 Å². The van der Waals surface area contributed by atoms with Gasteiger partial charge in [-0.15, -0.1) is 0 Å². The Labute approximate surface area is 160 Å². The predicted molar refractivity (Wildman–Crippen MR) is 106 cm³/mol. The zero-order valence-corrected chi connectivity index (χ0v) is 15.5. The Morgan fingerprint density at radius 2 is 1.63 bits per heavy atom. The number of amides is 1. The fourth-order valence-electron chi connectivity index (χ4n) is 4.09. The predicted octanol–water partition coefficient (Wildman–Crippen LogP) is 2.46. The average Bonchev–Trinajstić information content (AvgIpc) is 2.69. The molecule has 1 amide bonds. The van der Waals surface area contributed by atoms with Crippen LogP contribution >= 0.6 is 10.9 Å². The number of carboxylic acids is 1. The lowest BCUT2D eigenvalue weighted by Gasteiger charge is -2.53. The Balaban J connectivity index is 1.98. The molecule has 0 spiro atoms. The van der Waals surface area contributed by atoms with Crippen molar-refractivity contribution in [3.63, 3.8) is 0 Å². The lowest BCUT2D eigenvalue weighted by molar-refractivity contribution is -0.144. The number of carbonyl (C=O) groups is 2. The molecule has 2 aromatic carbocycles. The van der Waals surface area contributed by atoms with Crippen LogP contribution in [0.15, 0.2) is 72.4 Å². The van der Waals surface area contributed by atoms with Crippen LogP contribution in [0, 0.1) is 0 Å². The first kappa shape index (κ1) is 17.8. The monoisotopic (exact) mass is 383 g/mol. The van der Waals surface area contributed by atoms with Gasteiger partial charge in [0.15, 0.2) is 5.41 Å². The maximum Gasteiger partial charge on any atom is 0.324 e. The van der Waals surface area contributed by atoms with Gasteiger partial charge in [0.05, 0.1) is 17.7 Å². The third-order valence-corrected chi connectivity index (χ3v) is 7.70. The minimum absolute atomic E-state index is 0.0459. The molecular weight excluding hydrogens is 362 g/mol. The lowest BCUT2D eigenvalue weighted by Crippen LogP contribution is -2.59. The van der Waals surface area contributed by atoms with Crippen molar-refractivity contribution in [1.82, 2.24) is 4.90 Å². The highest BCUT2D eigenvalue weighted by atomic mass is 32.2. The number of benzene rings is 2. The Morgan fingerprint density at radius 3 is 2.07 bits per heavy atom. The number of aliphatic hydroxyl groups is 1. The van der Waals surface area contributed by atoms with E-state index in [4.69, 9.17) is 0 Å². The Hall–Kier alpha value is -2.57. The van der Waals surface area contributed by atoms with Crippen LogP contribution in [0.2, 0.25) is 0 Å². The van der Waals surface area contributed by atoms with Crippen LogP contribution in [0.5, 0.6) is 0 Å². The van der Waals surface area contributed by atoms with E-state index in [1.54, 1.807) is 29.2 Å². The van der Waals surface area contributed by atoms with Crippen LogP contribution < -0.4 is 0 Å². The number of carboxylic acid groups (broad SMARTS) is 1. The summed E-state index contributed by atoms with van der Waals surface area (Å²) in [6.07, 6.45) is 2.23. The average molecular weight is 383 g/mol. The second-order valence-corrected chi connectivity index (χ2v) is 9.16. The van der Waals surface area contributed by atoms with Crippen molar-refractivity contribution in [1.29, 1.82) is 0 Å². The van der Waals surface area contributed by atoms with Gasteiger partial charge < -0.3 is 15.1 Å². The number of aliphatic hydroxyl groups excluding tert-OH is 1. The number of β-lactam (4-membered cyclic amide) rings is 1. The molecule has 0 aliphatic carbocycles. The molecule has 2 N–H and O–H groups in total. The fraction of sp³-hybridized carbons (Fsp3) is 0.238. The molecule has 1 fully saturated rings. The molecule has 27 heavy (non-hydrogen) atoms. The van der Waals surface area contributed by atoms with Crippen LogP contribution in [-0.4, -0.2) is 44.1 Å². The summed E-state index contributed by atoms with van der Waals surface area (Å²) in [6.45, 7) is 0. The summed E-state index contributed by atoms with van der Waals surface area (Å²) in [5.41, 5.74) is 0.265. The van der Waals surface area contributed by atoms with E-state index in [0.29, 0.717) is 29.0 Å². The zero-order chi connectivity index (χ0) is 19.0. The molecule has 6 heteroatoms. The summed E-state index contributed by atoms with van der Waals surface area (Å²) in [6, 6.07) is 18.1. The normalized spacial score (nSPS) is 23.2. The van der Waals surface area contributed by atoms with Gasteiger partial charge in [-0.25, -0.2) is 10.9 Å². The van der Waals surface area contributed by atoms with E-state index in [0.717, 1.165) is 0 Å². The second-order valence-electron chi connectivity index (χ2n) is 6.74. The van der Waals surface area contributed by atoms with E-state index in [2.05, 4.69) is 0 Å². The number of rotatable bonds is 5. The van der Waals surface area contributed by atoms with E-state index in [9.17, 15) is 19.8 Å². The minimum atomic E-state index is -1.46. The van der Waals surface area contributed by atoms with Gasteiger partial charge in [0, 0.05) is 5.70 Å². The molecule has 2 aliphatic heterocycles. The van der Waals surface area contributed by atoms with Gasteiger partial charge in [-0.3, -0.25) is 9.59 Å². The first-order valence-corrected chi connectivity index (χ1v) is 10.6. The number of thiol groups is 1. The zero-order valence-electron chi connectivity index (χ0n) is 14.7. The summed E-state index contributed by atoms with van der Waals surface area (Å²) in [5, 5.41) is 20.1. The minimum Gasteiger partial charge on any atom is -0.480 e. The summed E-state index contributed by atoms with van der Waals surface area (Å²) in [7, 11) is -0.749. The standard InChI is InChI=1S/C21H21NO4S/c23-14-27-12-11-17(22-18(24)13-19(22)27)21(20(25)26,15-7-3-1-4-8-15)16-9-5-2-6-10-16/h1-11,19,23,27H,12-14H2,(H,25,26). The van der Waals surface area contributed by atoms with Crippen molar-refractivity contribution >= 4 is 22.8 Å². The molecular formula is C21H21NO4S. The van der Waals surface area contributed by atoms with E-state index in [1.807, 2.05) is 42.5 Å². The molecule has 0 aromatic heterocycles. The van der Waals surface area contributed by atoms with Crippen LogP contribution in [0.1, 0.15) is 17.5 Å². The first-order chi connectivity index (χ1) is 13.1. The summed E-state index contributed by atoms with van der Waals surface area (Å²) in [4.78, 5) is 26.9. The molecule has 0 saturated carbocycles. The third kappa shape index (κ3) is 2.59. The Kier molecular flexibility index (Phi) is 4.53. The van der Waals surface area contributed by atoms with Gasteiger partial charge in [-0.2, -0.15) is 0 Å². The highest BCUT2D eigenvalue weighted by Gasteiger charge is 2.55. The summed E-state index contributed by atoms with van der Waals surface area (Å²) >= 11 is 0. The molecule has 2 aliphatic rings. The fourth-order valence-corrected chi connectivity index (χ4v) is 6.04. The molecule has 2 heterocycles. The third-order valence-electron chi connectivity index (χ3n) is 5.42. The molecule has 5 nitrogen and oxygen atoms in total. The van der Waals surface area contributed by atoms with Crippen LogP contribution in [0.4, 0.5) is 0 Å².